The van der Waals surface area contributed by atoms with Crippen molar-refractivity contribution in [2.24, 2.45) is 0 Å². The maximum atomic E-state index is 6.37. The highest BCUT2D eigenvalue weighted by molar-refractivity contribution is 5.95. The zero-order valence-electron chi connectivity index (χ0n) is 21.6. The Bertz CT molecular complexity index is 1730. The lowest BCUT2D eigenvalue weighted by molar-refractivity contribution is 0.576. The molecule has 0 amide bonds. The van der Waals surface area contributed by atoms with E-state index in [1.807, 2.05) is 6.08 Å². The number of rotatable bonds is 3. The molecule has 0 bridgehead atoms. The van der Waals surface area contributed by atoms with Gasteiger partial charge in [-0.2, -0.15) is 0 Å². The van der Waals surface area contributed by atoms with E-state index in [0.29, 0.717) is 0 Å². The van der Waals surface area contributed by atoms with Gasteiger partial charge in [0.15, 0.2) is 0 Å². The van der Waals surface area contributed by atoms with Crippen molar-refractivity contribution in [3.05, 3.63) is 112 Å². The Balaban J connectivity index is 1.51. The van der Waals surface area contributed by atoms with E-state index in [1.165, 1.54) is 44.5 Å². The average Bonchev–Trinajstić information content (AvgIpc) is 3.36. The third-order valence-electron chi connectivity index (χ3n) is 8.06. The minimum Gasteiger partial charge on any atom is -0.455 e. The first-order chi connectivity index (χ1) is 17.4. The van der Waals surface area contributed by atoms with Gasteiger partial charge in [0.05, 0.1) is 0 Å². The summed E-state index contributed by atoms with van der Waals surface area (Å²) in [5.74, 6) is 0. The van der Waals surface area contributed by atoms with Crippen molar-refractivity contribution in [2.75, 3.05) is 0 Å². The average molecular weight is 469 g/mol. The van der Waals surface area contributed by atoms with Gasteiger partial charge in [0.25, 0.3) is 0 Å². The summed E-state index contributed by atoms with van der Waals surface area (Å²) in [7, 11) is 0. The summed E-state index contributed by atoms with van der Waals surface area (Å²) in [6.07, 6.45) is 12.7. The molecule has 1 aromatic heterocycles. The second-order valence-electron chi connectivity index (χ2n) is 10.6. The smallest absolute Gasteiger partial charge is 0.143 e. The standard InChI is InChI=1S/C35H32O/c1-6-9-33-26(7-2)29-11-8-10-27(34(29)36-33)25-16-18-28-30-20-24(23-14-12-22(3)13-15-23)17-19-31(30)35(4,5)32(28)21-25/h6-12,14,16-21H,1,13,15H2,2-5H3/b26-7-,33-9+. The van der Waals surface area contributed by atoms with Crippen LogP contribution in [0.25, 0.3) is 50.9 Å². The molecule has 0 aliphatic heterocycles. The van der Waals surface area contributed by atoms with Gasteiger partial charge in [-0.15, -0.1) is 0 Å². The fourth-order valence-corrected chi connectivity index (χ4v) is 6.02. The molecule has 1 heterocycles. The molecule has 4 aromatic rings. The minimum atomic E-state index is -0.0577. The quantitative estimate of drug-likeness (QED) is 0.295. The second kappa shape index (κ2) is 8.38. The number of hydrogen-bond acceptors (Lipinski definition) is 1. The fourth-order valence-electron chi connectivity index (χ4n) is 6.02. The Hall–Kier alpha value is -3.84. The summed E-state index contributed by atoms with van der Waals surface area (Å²) in [5, 5.41) is 2.26. The van der Waals surface area contributed by atoms with Crippen molar-refractivity contribution in [2.45, 2.75) is 46.0 Å². The van der Waals surface area contributed by atoms with E-state index >= 15 is 0 Å². The molecule has 3 aromatic carbocycles. The van der Waals surface area contributed by atoms with Crippen molar-refractivity contribution in [1.29, 1.82) is 0 Å². The van der Waals surface area contributed by atoms with Crippen LogP contribution >= 0.6 is 0 Å². The molecule has 2 aliphatic carbocycles. The van der Waals surface area contributed by atoms with Crippen LogP contribution in [-0.2, 0) is 5.41 Å². The first-order valence-electron chi connectivity index (χ1n) is 12.9. The summed E-state index contributed by atoms with van der Waals surface area (Å²) in [4.78, 5) is 0. The maximum absolute atomic E-state index is 6.37. The van der Waals surface area contributed by atoms with Crippen LogP contribution in [0.1, 0.15) is 57.2 Å². The van der Waals surface area contributed by atoms with Crippen LogP contribution < -0.4 is 10.6 Å². The fraction of sp³-hybridized carbons (Fsp3) is 0.200. The molecule has 36 heavy (non-hydrogen) atoms. The van der Waals surface area contributed by atoms with Crippen LogP contribution in [-0.4, -0.2) is 0 Å². The summed E-state index contributed by atoms with van der Waals surface area (Å²) in [6, 6.07) is 20.5. The molecule has 0 atom stereocenters. The first-order valence-corrected chi connectivity index (χ1v) is 12.9. The number of para-hydroxylation sites is 1. The molecule has 0 unspecified atom stereocenters. The Kier molecular flexibility index (Phi) is 5.26. The van der Waals surface area contributed by atoms with E-state index in [2.05, 4.69) is 107 Å². The molecule has 0 spiro atoms. The van der Waals surface area contributed by atoms with Gasteiger partial charge in [-0.05, 0) is 83.9 Å². The molecule has 0 saturated carbocycles. The van der Waals surface area contributed by atoms with Crippen LogP contribution in [0.3, 0.4) is 0 Å². The number of hydrogen-bond donors (Lipinski definition) is 0. The Morgan fingerprint density at radius 3 is 2.44 bits per heavy atom. The summed E-state index contributed by atoms with van der Waals surface area (Å²) >= 11 is 0. The predicted molar refractivity (Wildman–Crippen MR) is 154 cm³/mol. The number of benzene rings is 3. The van der Waals surface area contributed by atoms with E-state index < -0.39 is 0 Å². The van der Waals surface area contributed by atoms with Gasteiger partial charge >= 0.3 is 0 Å². The normalized spacial score (nSPS) is 17.1. The third-order valence-corrected chi connectivity index (χ3v) is 8.06. The molecule has 0 radical (unpaired) electrons. The van der Waals surface area contributed by atoms with Crippen LogP contribution in [0.4, 0.5) is 0 Å². The Labute approximate surface area is 213 Å². The van der Waals surface area contributed by atoms with Gasteiger partial charge in [0.2, 0.25) is 0 Å². The van der Waals surface area contributed by atoms with Crippen molar-refractivity contribution >= 4 is 28.7 Å². The summed E-state index contributed by atoms with van der Waals surface area (Å²) in [5.41, 5.74) is 13.8. The molecular weight excluding hydrogens is 436 g/mol. The highest BCUT2D eigenvalue weighted by atomic mass is 16.3. The lowest BCUT2D eigenvalue weighted by Crippen LogP contribution is -2.18. The summed E-state index contributed by atoms with van der Waals surface area (Å²) < 4.78 is 6.37. The SMILES string of the molecule is C=C/C=c1/oc2c(-c3ccc4c(c3)C(C)(C)c3ccc(C5=CC=C(C)CC5)cc3-4)cccc2/c1=C/C. The second-order valence-corrected chi connectivity index (χ2v) is 10.6. The first kappa shape index (κ1) is 22.6. The molecule has 0 N–H and O–H groups in total. The topological polar surface area (TPSA) is 13.1 Å². The monoisotopic (exact) mass is 468 g/mol. The van der Waals surface area contributed by atoms with Gasteiger partial charge in [-0.1, -0.05) is 92.8 Å². The zero-order valence-corrected chi connectivity index (χ0v) is 21.6. The number of fused-ring (bicyclic) bond motifs is 4. The molecule has 178 valence electrons. The number of furan rings is 1. The van der Waals surface area contributed by atoms with Crippen molar-refractivity contribution in [3.63, 3.8) is 0 Å². The highest BCUT2D eigenvalue weighted by Crippen LogP contribution is 2.50. The van der Waals surface area contributed by atoms with Gasteiger partial charge in [-0.3, -0.25) is 0 Å². The van der Waals surface area contributed by atoms with Crippen LogP contribution in [0.2, 0.25) is 0 Å². The summed E-state index contributed by atoms with van der Waals surface area (Å²) in [6.45, 7) is 12.8. The third kappa shape index (κ3) is 3.38. The molecular formula is C35H32O. The van der Waals surface area contributed by atoms with E-state index in [1.54, 1.807) is 6.08 Å². The molecule has 0 saturated heterocycles. The van der Waals surface area contributed by atoms with Crippen molar-refractivity contribution in [1.82, 2.24) is 0 Å². The molecule has 6 rings (SSSR count). The lowest BCUT2D eigenvalue weighted by Gasteiger charge is -2.22. The minimum absolute atomic E-state index is 0.0577. The van der Waals surface area contributed by atoms with Gasteiger partial charge in [-0.25, -0.2) is 0 Å². The van der Waals surface area contributed by atoms with E-state index in [9.17, 15) is 0 Å². The van der Waals surface area contributed by atoms with Gasteiger partial charge < -0.3 is 4.42 Å². The largest absolute Gasteiger partial charge is 0.455 e. The van der Waals surface area contributed by atoms with Crippen LogP contribution in [0, 0.1) is 0 Å². The maximum Gasteiger partial charge on any atom is 0.143 e. The molecule has 1 nitrogen and oxygen atoms in total. The van der Waals surface area contributed by atoms with E-state index in [-0.39, 0.29) is 5.41 Å². The predicted octanol–water partition coefficient (Wildman–Crippen LogP) is 8.30. The van der Waals surface area contributed by atoms with Crippen LogP contribution in [0.15, 0.2) is 89.4 Å². The highest BCUT2D eigenvalue weighted by Gasteiger charge is 2.36. The van der Waals surface area contributed by atoms with E-state index in [4.69, 9.17) is 4.42 Å². The van der Waals surface area contributed by atoms with Gasteiger partial charge in [0, 0.05) is 21.6 Å². The van der Waals surface area contributed by atoms with Crippen LogP contribution in [0.5, 0.6) is 0 Å². The Morgan fingerprint density at radius 1 is 0.861 bits per heavy atom. The molecule has 1 heteroatoms. The Morgan fingerprint density at radius 2 is 1.69 bits per heavy atom. The number of allylic oxidation sites excluding steroid dienone is 5. The molecule has 0 fully saturated rings. The molecule has 2 aliphatic rings. The van der Waals surface area contributed by atoms with Crippen molar-refractivity contribution < 1.29 is 4.42 Å². The van der Waals surface area contributed by atoms with E-state index in [0.717, 1.165) is 40.0 Å². The zero-order chi connectivity index (χ0) is 25.0. The lowest BCUT2D eigenvalue weighted by atomic mass is 9.81. The van der Waals surface area contributed by atoms with Crippen molar-refractivity contribution in [3.8, 4) is 22.3 Å². The van der Waals surface area contributed by atoms with Gasteiger partial charge in [0.1, 0.15) is 11.0 Å².